The standard InChI is InChI=1S/C13H23N5OS/c1-6-14-9-7-10(17-12(16-9)20-5)15-8-11(19)18-13(2,3)4/h7H,6,8H2,1-5H3,(H,18,19)(H2,14,15,16,17). The maximum atomic E-state index is 11.8. The second-order valence-electron chi connectivity index (χ2n) is 5.31. The van der Waals surface area contributed by atoms with Gasteiger partial charge in [0.25, 0.3) is 0 Å². The van der Waals surface area contributed by atoms with Gasteiger partial charge in [0.1, 0.15) is 11.6 Å². The molecule has 0 radical (unpaired) electrons. The van der Waals surface area contributed by atoms with E-state index in [0.717, 1.165) is 12.4 Å². The SMILES string of the molecule is CCNc1cc(NCC(=O)NC(C)(C)C)nc(SC)n1. The van der Waals surface area contributed by atoms with E-state index in [1.165, 1.54) is 11.8 Å². The maximum absolute atomic E-state index is 11.8. The van der Waals surface area contributed by atoms with E-state index in [9.17, 15) is 4.79 Å². The minimum Gasteiger partial charge on any atom is -0.370 e. The molecular weight excluding hydrogens is 274 g/mol. The van der Waals surface area contributed by atoms with Crippen LogP contribution in [0.5, 0.6) is 0 Å². The van der Waals surface area contributed by atoms with Gasteiger partial charge in [-0.1, -0.05) is 11.8 Å². The Bertz CT molecular complexity index is 459. The Morgan fingerprint density at radius 1 is 1.25 bits per heavy atom. The first-order valence-corrected chi connectivity index (χ1v) is 7.78. The molecule has 1 rings (SSSR count). The predicted octanol–water partition coefficient (Wildman–Crippen LogP) is 1.96. The van der Waals surface area contributed by atoms with E-state index >= 15 is 0 Å². The van der Waals surface area contributed by atoms with E-state index in [0.29, 0.717) is 11.0 Å². The van der Waals surface area contributed by atoms with Crippen LogP contribution >= 0.6 is 11.8 Å². The van der Waals surface area contributed by atoms with Gasteiger partial charge in [0, 0.05) is 18.2 Å². The van der Waals surface area contributed by atoms with E-state index in [1.807, 2.05) is 34.0 Å². The Hall–Kier alpha value is -1.50. The van der Waals surface area contributed by atoms with Gasteiger partial charge in [0.15, 0.2) is 5.16 Å². The normalized spacial score (nSPS) is 11.1. The van der Waals surface area contributed by atoms with Crippen LogP contribution in [-0.2, 0) is 4.79 Å². The number of hydrogen-bond donors (Lipinski definition) is 3. The van der Waals surface area contributed by atoms with Crippen molar-refractivity contribution >= 4 is 29.3 Å². The number of carbonyl (C=O) groups is 1. The molecule has 0 atom stereocenters. The van der Waals surface area contributed by atoms with Gasteiger partial charge >= 0.3 is 0 Å². The lowest BCUT2D eigenvalue weighted by Gasteiger charge is -2.20. The average molecular weight is 297 g/mol. The zero-order valence-corrected chi connectivity index (χ0v) is 13.5. The van der Waals surface area contributed by atoms with Crippen molar-refractivity contribution in [2.75, 3.05) is 30.0 Å². The summed E-state index contributed by atoms with van der Waals surface area (Å²) in [6, 6.07) is 1.80. The summed E-state index contributed by atoms with van der Waals surface area (Å²) in [5, 5.41) is 9.73. The Morgan fingerprint density at radius 3 is 2.35 bits per heavy atom. The molecule has 1 aromatic heterocycles. The number of nitrogens with one attached hydrogen (secondary N) is 3. The molecule has 0 bridgehead atoms. The first kappa shape index (κ1) is 16.6. The summed E-state index contributed by atoms with van der Waals surface area (Å²) in [4.78, 5) is 20.4. The van der Waals surface area contributed by atoms with Crippen molar-refractivity contribution in [1.29, 1.82) is 0 Å². The van der Waals surface area contributed by atoms with Crippen LogP contribution in [0.15, 0.2) is 11.2 Å². The Kier molecular flexibility index (Phi) is 6.06. The van der Waals surface area contributed by atoms with Gasteiger partial charge in [-0.15, -0.1) is 0 Å². The molecule has 112 valence electrons. The number of hydrogen-bond acceptors (Lipinski definition) is 6. The molecule has 1 amide bonds. The largest absolute Gasteiger partial charge is 0.370 e. The second-order valence-corrected chi connectivity index (χ2v) is 6.08. The van der Waals surface area contributed by atoms with Crippen molar-refractivity contribution in [3.05, 3.63) is 6.07 Å². The fourth-order valence-corrected chi connectivity index (χ4v) is 1.89. The zero-order valence-electron chi connectivity index (χ0n) is 12.7. The van der Waals surface area contributed by atoms with E-state index in [4.69, 9.17) is 0 Å². The monoisotopic (exact) mass is 297 g/mol. The molecule has 1 aromatic rings. The highest BCUT2D eigenvalue weighted by Crippen LogP contribution is 2.16. The summed E-state index contributed by atoms with van der Waals surface area (Å²) in [5.74, 6) is 1.33. The number of amides is 1. The number of aromatic nitrogens is 2. The van der Waals surface area contributed by atoms with Crippen LogP contribution in [0.25, 0.3) is 0 Å². The van der Waals surface area contributed by atoms with Crippen molar-refractivity contribution in [3.63, 3.8) is 0 Å². The first-order valence-electron chi connectivity index (χ1n) is 6.56. The maximum Gasteiger partial charge on any atom is 0.239 e. The number of nitrogens with zero attached hydrogens (tertiary/aromatic N) is 2. The van der Waals surface area contributed by atoms with Crippen molar-refractivity contribution in [3.8, 4) is 0 Å². The van der Waals surface area contributed by atoms with Gasteiger partial charge in [-0.25, -0.2) is 9.97 Å². The van der Waals surface area contributed by atoms with Gasteiger partial charge in [-0.2, -0.15) is 0 Å². The van der Waals surface area contributed by atoms with Crippen LogP contribution in [0, 0.1) is 0 Å². The van der Waals surface area contributed by atoms with Crippen molar-refractivity contribution in [2.45, 2.75) is 38.4 Å². The van der Waals surface area contributed by atoms with Crippen LogP contribution < -0.4 is 16.0 Å². The third kappa shape index (κ3) is 6.10. The molecule has 0 spiro atoms. The lowest BCUT2D eigenvalue weighted by molar-refractivity contribution is -0.120. The molecule has 7 heteroatoms. The number of anilines is 2. The number of rotatable bonds is 6. The van der Waals surface area contributed by atoms with Gasteiger partial charge in [-0.3, -0.25) is 4.79 Å². The van der Waals surface area contributed by atoms with E-state index < -0.39 is 0 Å². The van der Waals surface area contributed by atoms with Gasteiger partial charge < -0.3 is 16.0 Å². The highest BCUT2D eigenvalue weighted by atomic mass is 32.2. The molecule has 0 aliphatic heterocycles. The number of thioether (sulfide) groups is 1. The minimum absolute atomic E-state index is 0.0631. The zero-order chi connectivity index (χ0) is 15.2. The minimum atomic E-state index is -0.232. The molecule has 6 nitrogen and oxygen atoms in total. The molecule has 0 unspecified atom stereocenters. The predicted molar refractivity (Wildman–Crippen MR) is 84.4 cm³/mol. The van der Waals surface area contributed by atoms with Crippen LogP contribution in [0.1, 0.15) is 27.7 Å². The second kappa shape index (κ2) is 7.33. The van der Waals surface area contributed by atoms with Crippen molar-refractivity contribution in [2.24, 2.45) is 0 Å². The molecule has 0 fully saturated rings. The Balaban J connectivity index is 2.67. The fraction of sp³-hybridized carbons (Fsp3) is 0.615. The molecule has 20 heavy (non-hydrogen) atoms. The first-order chi connectivity index (χ1) is 9.34. The summed E-state index contributed by atoms with van der Waals surface area (Å²) in [6.07, 6.45) is 1.92. The van der Waals surface area contributed by atoms with Gasteiger partial charge in [0.2, 0.25) is 5.91 Å². The molecule has 3 N–H and O–H groups in total. The smallest absolute Gasteiger partial charge is 0.239 e. The highest BCUT2D eigenvalue weighted by molar-refractivity contribution is 7.98. The Labute approximate surface area is 124 Å². The molecule has 1 heterocycles. The van der Waals surface area contributed by atoms with Crippen LogP contribution in [0.2, 0.25) is 0 Å². The summed E-state index contributed by atoms with van der Waals surface area (Å²) in [6.45, 7) is 8.83. The molecule has 0 aliphatic rings. The van der Waals surface area contributed by atoms with E-state index in [2.05, 4.69) is 25.9 Å². The van der Waals surface area contributed by atoms with E-state index in [1.54, 1.807) is 6.07 Å². The summed E-state index contributed by atoms with van der Waals surface area (Å²) in [7, 11) is 0. The summed E-state index contributed by atoms with van der Waals surface area (Å²) in [5.41, 5.74) is -0.232. The number of carbonyl (C=O) groups excluding carboxylic acids is 1. The van der Waals surface area contributed by atoms with Crippen molar-refractivity contribution < 1.29 is 4.79 Å². The molecular formula is C13H23N5OS. The van der Waals surface area contributed by atoms with Gasteiger partial charge in [0.05, 0.1) is 6.54 Å². The third-order valence-corrected chi connectivity index (χ3v) is 2.74. The Morgan fingerprint density at radius 2 is 1.85 bits per heavy atom. The lowest BCUT2D eigenvalue weighted by atomic mass is 10.1. The fourth-order valence-electron chi connectivity index (χ4n) is 1.51. The van der Waals surface area contributed by atoms with E-state index in [-0.39, 0.29) is 18.0 Å². The third-order valence-electron chi connectivity index (χ3n) is 2.19. The lowest BCUT2D eigenvalue weighted by Crippen LogP contribution is -2.43. The van der Waals surface area contributed by atoms with Crippen LogP contribution in [0.4, 0.5) is 11.6 Å². The molecule has 0 saturated carbocycles. The summed E-state index contributed by atoms with van der Waals surface area (Å²) < 4.78 is 0. The highest BCUT2D eigenvalue weighted by Gasteiger charge is 2.13. The van der Waals surface area contributed by atoms with Crippen molar-refractivity contribution in [1.82, 2.24) is 15.3 Å². The van der Waals surface area contributed by atoms with Crippen LogP contribution in [0.3, 0.4) is 0 Å². The molecule has 0 aromatic carbocycles. The molecule has 0 saturated heterocycles. The topological polar surface area (TPSA) is 78.9 Å². The quantitative estimate of drug-likeness (QED) is 0.550. The van der Waals surface area contributed by atoms with Gasteiger partial charge in [-0.05, 0) is 34.0 Å². The van der Waals surface area contributed by atoms with Crippen LogP contribution in [-0.4, -0.2) is 40.8 Å². The molecule has 0 aliphatic carbocycles. The average Bonchev–Trinajstić information content (AvgIpc) is 2.34. The summed E-state index contributed by atoms with van der Waals surface area (Å²) >= 11 is 1.46.